The Bertz CT molecular complexity index is 710. The summed E-state index contributed by atoms with van der Waals surface area (Å²) < 4.78 is 25.8. The van der Waals surface area contributed by atoms with E-state index in [1.807, 2.05) is 0 Å². The van der Waals surface area contributed by atoms with E-state index in [1.165, 1.54) is 37.6 Å². The van der Waals surface area contributed by atoms with E-state index in [9.17, 15) is 13.2 Å². The predicted octanol–water partition coefficient (Wildman–Crippen LogP) is 0.252. The highest BCUT2D eigenvalue weighted by Crippen LogP contribution is 2.16. The van der Waals surface area contributed by atoms with Crippen molar-refractivity contribution in [3.63, 3.8) is 0 Å². The third-order valence-corrected chi connectivity index (χ3v) is 4.64. The number of aromatic amines is 1. The molecule has 0 unspecified atom stereocenters. The van der Waals surface area contributed by atoms with Crippen LogP contribution in [0.5, 0.6) is 0 Å². The number of aliphatic carboxylic acids is 1. The first-order valence-electron chi connectivity index (χ1n) is 6.01. The molecular formula is C12H14N4O4S. The van der Waals surface area contributed by atoms with Crippen LogP contribution in [0, 0.1) is 0 Å². The van der Waals surface area contributed by atoms with Crippen molar-refractivity contribution in [2.75, 3.05) is 7.05 Å². The number of rotatable bonds is 6. The number of hydrogen-bond acceptors (Lipinski definition) is 5. The van der Waals surface area contributed by atoms with Crippen LogP contribution in [0.15, 0.2) is 35.5 Å². The zero-order chi connectivity index (χ0) is 15.5. The largest absolute Gasteiger partial charge is 0.481 e. The molecule has 8 nitrogen and oxygen atoms in total. The number of hydrogen-bond donors (Lipinski definition) is 2. The SMILES string of the molecule is CN(Cc1ncn[nH]1)S(=O)(=O)c1ccc(CC(=O)O)cc1. The minimum atomic E-state index is -3.66. The fourth-order valence-corrected chi connectivity index (χ4v) is 2.87. The van der Waals surface area contributed by atoms with Crippen molar-refractivity contribution in [3.8, 4) is 0 Å². The predicted molar refractivity (Wildman–Crippen MR) is 72.8 cm³/mol. The molecule has 9 heteroatoms. The fraction of sp³-hybridized carbons (Fsp3) is 0.250. The topological polar surface area (TPSA) is 116 Å². The molecule has 1 aromatic carbocycles. The van der Waals surface area contributed by atoms with Gasteiger partial charge in [-0.1, -0.05) is 12.1 Å². The first-order valence-corrected chi connectivity index (χ1v) is 7.45. The number of aromatic nitrogens is 3. The number of nitrogens with zero attached hydrogens (tertiary/aromatic N) is 3. The smallest absolute Gasteiger partial charge is 0.307 e. The van der Waals surface area contributed by atoms with Crippen molar-refractivity contribution < 1.29 is 18.3 Å². The second-order valence-electron chi connectivity index (χ2n) is 4.41. The van der Waals surface area contributed by atoms with Crippen LogP contribution in [0.4, 0.5) is 0 Å². The molecule has 1 heterocycles. The van der Waals surface area contributed by atoms with Crippen LogP contribution in [0.1, 0.15) is 11.4 Å². The summed E-state index contributed by atoms with van der Waals surface area (Å²) in [6.45, 7) is 0.0687. The van der Waals surface area contributed by atoms with Gasteiger partial charge in [-0.2, -0.15) is 9.40 Å². The molecule has 0 atom stereocenters. The van der Waals surface area contributed by atoms with Crippen LogP contribution in [-0.2, 0) is 27.8 Å². The van der Waals surface area contributed by atoms with Gasteiger partial charge in [-0.05, 0) is 17.7 Å². The van der Waals surface area contributed by atoms with Crippen molar-refractivity contribution in [1.29, 1.82) is 0 Å². The van der Waals surface area contributed by atoms with Crippen LogP contribution in [-0.4, -0.2) is 46.0 Å². The standard InChI is InChI=1S/C12H14N4O4S/c1-16(7-11-13-8-14-15-11)21(19,20)10-4-2-9(3-5-10)6-12(17)18/h2-5,8H,6-7H2,1H3,(H,17,18)(H,13,14,15). The van der Waals surface area contributed by atoms with Crippen LogP contribution in [0.3, 0.4) is 0 Å². The Hall–Kier alpha value is -2.26. The molecule has 0 aliphatic rings. The number of carboxylic acid groups (broad SMARTS) is 1. The normalized spacial score (nSPS) is 11.7. The van der Waals surface area contributed by atoms with E-state index in [1.54, 1.807) is 0 Å². The highest BCUT2D eigenvalue weighted by atomic mass is 32.2. The minimum absolute atomic E-state index is 0.0687. The lowest BCUT2D eigenvalue weighted by Crippen LogP contribution is -2.27. The summed E-state index contributed by atoms with van der Waals surface area (Å²) >= 11 is 0. The van der Waals surface area contributed by atoms with Gasteiger partial charge in [0.15, 0.2) is 0 Å². The van der Waals surface area contributed by atoms with Crippen molar-refractivity contribution in [1.82, 2.24) is 19.5 Å². The Morgan fingerprint density at radius 1 is 1.33 bits per heavy atom. The first kappa shape index (κ1) is 15.1. The Balaban J connectivity index is 2.16. The third kappa shape index (κ3) is 3.64. The molecule has 21 heavy (non-hydrogen) atoms. The molecule has 1 aromatic heterocycles. The Kier molecular flexibility index (Phi) is 4.34. The van der Waals surface area contributed by atoms with Crippen molar-refractivity contribution in [2.24, 2.45) is 0 Å². The number of sulfonamides is 1. The van der Waals surface area contributed by atoms with Gasteiger partial charge in [-0.3, -0.25) is 9.89 Å². The number of nitrogens with one attached hydrogen (secondary N) is 1. The van der Waals surface area contributed by atoms with Gasteiger partial charge in [-0.25, -0.2) is 13.4 Å². The highest BCUT2D eigenvalue weighted by Gasteiger charge is 2.21. The van der Waals surface area contributed by atoms with E-state index in [0.717, 1.165) is 4.31 Å². The molecule has 0 saturated carbocycles. The zero-order valence-electron chi connectivity index (χ0n) is 11.2. The molecule has 0 bridgehead atoms. The van der Waals surface area contributed by atoms with Crippen LogP contribution in [0.2, 0.25) is 0 Å². The van der Waals surface area contributed by atoms with E-state index >= 15 is 0 Å². The summed E-state index contributed by atoms with van der Waals surface area (Å²) in [7, 11) is -2.23. The molecule has 0 spiro atoms. The second-order valence-corrected chi connectivity index (χ2v) is 6.45. The molecule has 0 aliphatic heterocycles. The minimum Gasteiger partial charge on any atom is -0.481 e. The van der Waals surface area contributed by atoms with E-state index in [4.69, 9.17) is 5.11 Å². The van der Waals surface area contributed by atoms with Gasteiger partial charge in [0.05, 0.1) is 17.9 Å². The maximum Gasteiger partial charge on any atom is 0.307 e. The lowest BCUT2D eigenvalue weighted by molar-refractivity contribution is -0.136. The molecule has 0 fully saturated rings. The van der Waals surface area contributed by atoms with Crippen molar-refractivity contribution in [2.45, 2.75) is 17.9 Å². The van der Waals surface area contributed by atoms with Crippen molar-refractivity contribution in [3.05, 3.63) is 42.0 Å². The molecule has 0 aliphatic carbocycles. The quantitative estimate of drug-likeness (QED) is 0.790. The maximum atomic E-state index is 12.3. The van der Waals surface area contributed by atoms with Gasteiger partial charge in [0.1, 0.15) is 12.2 Å². The average Bonchev–Trinajstić information content (AvgIpc) is 2.91. The van der Waals surface area contributed by atoms with Crippen LogP contribution in [0.25, 0.3) is 0 Å². The van der Waals surface area contributed by atoms with Gasteiger partial charge >= 0.3 is 5.97 Å². The van der Waals surface area contributed by atoms with Gasteiger partial charge < -0.3 is 5.11 Å². The van der Waals surface area contributed by atoms with Gasteiger partial charge in [0.25, 0.3) is 0 Å². The Morgan fingerprint density at radius 3 is 2.52 bits per heavy atom. The first-order chi connectivity index (χ1) is 9.89. The van der Waals surface area contributed by atoms with E-state index in [-0.39, 0.29) is 17.9 Å². The molecule has 2 aromatic rings. The van der Waals surface area contributed by atoms with Gasteiger partial charge in [0, 0.05) is 7.05 Å². The van der Waals surface area contributed by atoms with E-state index < -0.39 is 16.0 Å². The molecule has 0 amide bonds. The zero-order valence-corrected chi connectivity index (χ0v) is 12.0. The van der Waals surface area contributed by atoms with Gasteiger partial charge in [-0.15, -0.1) is 0 Å². The molecule has 2 N–H and O–H groups in total. The fourth-order valence-electron chi connectivity index (χ4n) is 1.74. The molecule has 112 valence electrons. The van der Waals surface area contributed by atoms with Gasteiger partial charge in [0.2, 0.25) is 10.0 Å². The number of benzene rings is 1. The second kappa shape index (κ2) is 6.02. The summed E-state index contributed by atoms with van der Waals surface area (Å²) in [5.74, 6) is -0.531. The Morgan fingerprint density at radius 2 is 2.00 bits per heavy atom. The lowest BCUT2D eigenvalue weighted by Gasteiger charge is -2.15. The van der Waals surface area contributed by atoms with Crippen molar-refractivity contribution >= 4 is 16.0 Å². The number of carbonyl (C=O) groups is 1. The van der Waals surface area contributed by atoms with E-state index in [0.29, 0.717) is 11.4 Å². The summed E-state index contributed by atoms with van der Waals surface area (Å²) in [4.78, 5) is 14.6. The average molecular weight is 310 g/mol. The number of carboxylic acids is 1. The van der Waals surface area contributed by atoms with Crippen LogP contribution >= 0.6 is 0 Å². The maximum absolute atomic E-state index is 12.3. The summed E-state index contributed by atoms with van der Waals surface area (Å²) in [6.07, 6.45) is 1.16. The lowest BCUT2D eigenvalue weighted by atomic mass is 10.2. The summed E-state index contributed by atoms with van der Waals surface area (Å²) in [5, 5.41) is 14.9. The Labute approximate surface area is 121 Å². The monoisotopic (exact) mass is 310 g/mol. The summed E-state index contributed by atoms with van der Waals surface area (Å²) in [6, 6.07) is 5.77. The number of H-pyrrole nitrogens is 1. The van der Waals surface area contributed by atoms with E-state index in [2.05, 4.69) is 15.2 Å². The molecule has 0 saturated heterocycles. The summed E-state index contributed by atoms with van der Waals surface area (Å²) in [5.41, 5.74) is 0.541. The molecule has 0 radical (unpaired) electrons. The third-order valence-electron chi connectivity index (χ3n) is 2.82. The molecule has 2 rings (SSSR count). The highest BCUT2D eigenvalue weighted by molar-refractivity contribution is 7.89. The molecular weight excluding hydrogens is 296 g/mol. The van der Waals surface area contributed by atoms with Crippen LogP contribution < -0.4 is 0 Å².